The zero-order valence-electron chi connectivity index (χ0n) is 24.2. The minimum atomic E-state index is -3.51. The van der Waals surface area contributed by atoms with Crippen LogP contribution in [0.2, 0.25) is 0 Å². The molecular weight excluding hydrogens is 639 g/mol. The van der Waals surface area contributed by atoms with E-state index in [9.17, 15) is 35.5 Å². The van der Waals surface area contributed by atoms with E-state index in [4.69, 9.17) is 0 Å². The molecule has 0 aliphatic rings. The van der Waals surface area contributed by atoms with Gasteiger partial charge in [-0.05, 0) is 24.3 Å². The first-order valence-electron chi connectivity index (χ1n) is 13.4. The Bertz CT molecular complexity index is 2370. The molecule has 6 aromatic rings. The number of aliphatic hydroxyl groups is 1. The summed E-state index contributed by atoms with van der Waals surface area (Å²) < 4.78 is 74.6. The number of sulfone groups is 2. The van der Waals surface area contributed by atoms with Crippen molar-refractivity contribution in [3.63, 3.8) is 0 Å². The maximum Gasteiger partial charge on any atom is 0.176 e. The van der Waals surface area contributed by atoms with Gasteiger partial charge < -0.3 is 5.11 Å². The summed E-state index contributed by atoms with van der Waals surface area (Å²) in [5.74, 6) is -1.10. The summed E-state index contributed by atoms with van der Waals surface area (Å²) in [6.07, 6.45) is 4.85. The quantitative estimate of drug-likeness (QED) is 0.241. The van der Waals surface area contributed by atoms with Crippen LogP contribution < -0.4 is 0 Å². The van der Waals surface area contributed by atoms with Crippen molar-refractivity contribution in [1.29, 1.82) is 0 Å². The van der Waals surface area contributed by atoms with Gasteiger partial charge in [-0.2, -0.15) is 0 Å². The predicted octanol–water partition coefficient (Wildman–Crippen LogP) is 4.98. The van der Waals surface area contributed by atoms with Gasteiger partial charge in [0.15, 0.2) is 26.0 Å². The lowest BCUT2D eigenvalue weighted by Crippen LogP contribution is -2.03. The number of aldehydes is 1. The average Bonchev–Trinajstić information content (AvgIpc) is 3.03. The molecule has 0 aliphatic carbocycles. The molecule has 46 heavy (non-hydrogen) atoms. The van der Waals surface area contributed by atoms with E-state index < -0.39 is 31.3 Å². The molecule has 1 N–H and O–H groups in total. The van der Waals surface area contributed by atoms with Gasteiger partial charge in [-0.1, -0.05) is 36.4 Å². The summed E-state index contributed by atoms with van der Waals surface area (Å²) in [6.45, 7) is -0.338. The van der Waals surface area contributed by atoms with E-state index in [0.717, 1.165) is 24.9 Å². The van der Waals surface area contributed by atoms with Gasteiger partial charge in [0, 0.05) is 46.9 Å². The molecule has 0 unspecified atom stereocenters. The highest BCUT2D eigenvalue weighted by Gasteiger charge is 2.20. The number of carbonyl (C=O) groups is 1. The van der Waals surface area contributed by atoms with Crippen LogP contribution in [0.4, 0.5) is 8.78 Å². The molecule has 4 aromatic heterocycles. The molecule has 0 radical (unpaired) electrons. The molecule has 0 saturated heterocycles. The van der Waals surface area contributed by atoms with Crippen LogP contribution in [0.5, 0.6) is 0 Å². The number of aromatic nitrogens is 4. The van der Waals surface area contributed by atoms with Crippen LogP contribution in [-0.2, 0) is 26.3 Å². The molecule has 234 valence electrons. The Hall–Kier alpha value is -5.05. The first-order chi connectivity index (χ1) is 21.8. The predicted molar refractivity (Wildman–Crippen MR) is 167 cm³/mol. The topological polar surface area (TPSA) is 157 Å². The van der Waals surface area contributed by atoms with Crippen molar-refractivity contribution >= 4 is 48.0 Å². The number of hydrogen-bond donors (Lipinski definition) is 1. The fourth-order valence-electron chi connectivity index (χ4n) is 4.74. The van der Waals surface area contributed by atoms with E-state index in [2.05, 4.69) is 19.9 Å². The number of benzene rings is 2. The Balaban J connectivity index is 0.000000181. The fraction of sp³-hybridized carbons (Fsp3) is 0.0938. The summed E-state index contributed by atoms with van der Waals surface area (Å²) >= 11 is 0. The van der Waals surface area contributed by atoms with Gasteiger partial charge in [0.05, 0.1) is 62.2 Å². The molecular formula is C32H24F2N4O6S2. The minimum Gasteiger partial charge on any atom is -0.392 e. The second-order valence-electron chi connectivity index (χ2n) is 10.1. The first kappa shape index (κ1) is 32.3. The van der Waals surface area contributed by atoms with Crippen molar-refractivity contribution in [2.75, 3.05) is 12.5 Å². The van der Waals surface area contributed by atoms with Crippen molar-refractivity contribution in [1.82, 2.24) is 19.9 Å². The second-order valence-corrected chi connectivity index (χ2v) is 14.1. The number of halogens is 2. The monoisotopic (exact) mass is 662 g/mol. The fourth-order valence-corrected chi connectivity index (χ4v) is 6.52. The third-order valence-corrected chi connectivity index (χ3v) is 9.06. The highest BCUT2D eigenvalue weighted by Crippen LogP contribution is 2.31. The summed E-state index contributed by atoms with van der Waals surface area (Å²) in [5, 5.41) is 9.60. The lowest BCUT2D eigenvalue weighted by atomic mass is 10.1. The van der Waals surface area contributed by atoms with Crippen LogP contribution in [0.1, 0.15) is 15.9 Å². The van der Waals surface area contributed by atoms with Gasteiger partial charge in [0.1, 0.15) is 11.6 Å². The van der Waals surface area contributed by atoms with Gasteiger partial charge in [0.2, 0.25) is 0 Å². The maximum absolute atomic E-state index is 13.4. The molecule has 0 amide bonds. The number of fused-ring (bicyclic) bond motifs is 2. The van der Waals surface area contributed by atoms with Crippen LogP contribution in [-0.4, -0.2) is 60.7 Å². The highest BCUT2D eigenvalue weighted by molar-refractivity contribution is 7.91. The first-order valence-corrected chi connectivity index (χ1v) is 17.1. The molecule has 6 rings (SSSR count). The second kappa shape index (κ2) is 12.7. The zero-order valence-corrected chi connectivity index (χ0v) is 25.9. The molecule has 0 spiro atoms. The lowest BCUT2D eigenvalue weighted by Gasteiger charge is -2.12. The minimum absolute atomic E-state index is 0.0549. The van der Waals surface area contributed by atoms with Crippen LogP contribution in [0.15, 0.2) is 95.0 Å². The number of rotatable bonds is 6. The molecule has 0 aliphatic heterocycles. The SMILES string of the molecule is CS(=O)(=O)c1ccccc1-c1nc2cc(F)cnc2cc1C=O.CS(=O)(=O)c1ccccc1-c1nc2cc(F)cnc2cc1CO. The molecule has 0 fully saturated rings. The van der Waals surface area contributed by atoms with E-state index in [1.165, 1.54) is 30.3 Å². The van der Waals surface area contributed by atoms with E-state index in [1.54, 1.807) is 42.5 Å². The number of hydrogen-bond acceptors (Lipinski definition) is 10. The molecule has 4 heterocycles. The van der Waals surface area contributed by atoms with Crippen LogP contribution in [0.3, 0.4) is 0 Å². The number of nitrogens with zero attached hydrogens (tertiary/aromatic N) is 4. The van der Waals surface area contributed by atoms with Gasteiger partial charge in [-0.3, -0.25) is 14.8 Å². The van der Waals surface area contributed by atoms with E-state index in [1.807, 2.05) is 0 Å². The molecule has 2 aromatic carbocycles. The smallest absolute Gasteiger partial charge is 0.176 e. The Morgan fingerprint density at radius 3 is 1.61 bits per heavy atom. The van der Waals surface area contributed by atoms with Crippen molar-refractivity contribution in [3.8, 4) is 22.5 Å². The summed E-state index contributed by atoms with van der Waals surface area (Å²) in [6, 6.07) is 18.1. The van der Waals surface area contributed by atoms with Gasteiger partial charge in [0.25, 0.3) is 0 Å². The molecule has 14 heteroatoms. The van der Waals surface area contributed by atoms with Crippen molar-refractivity contribution in [2.45, 2.75) is 16.4 Å². The Labute approximate surface area is 262 Å². The van der Waals surface area contributed by atoms with Gasteiger partial charge in [-0.25, -0.2) is 35.6 Å². The largest absolute Gasteiger partial charge is 0.392 e. The average molecular weight is 663 g/mol. The summed E-state index contributed by atoms with van der Waals surface area (Å²) in [5.41, 5.74) is 3.07. The van der Waals surface area contributed by atoms with Crippen molar-refractivity contribution < 1.29 is 35.5 Å². The number of aliphatic hydroxyl groups excluding tert-OH is 1. The Morgan fingerprint density at radius 2 is 1.13 bits per heavy atom. The normalized spacial score (nSPS) is 11.7. The maximum atomic E-state index is 13.4. The number of pyridine rings is 4. The lowest BCUT2D eigenvalue weighted by molar-refractivity contribution is 0.112. The molecule has 0 saturated carbocycles. The van der Waals surface area contributed by atoms with E-state index in [0.29, 0.717) is 45.2 Å². The van der Waals surface area contributed by atoms with Gasteiger partial charge in [-0.15, -0.1) is 0 Å². The number of carbonyl (C=O) groups excluding carboxylic acids is 1. The molecule has 10 nitrogen and oxygen atoms in total. The van der Waals surface area contributed by atoms with Crippen molar-refractivity contribution in [3.05, 3.63) is 108 Å². The van der Waals surface area contributed by atoms with E-state index >= 15 is 0 Å². The standard InChI is InChI=1S/C16H13FN2O3S.C16H11FN2O3S/c2*1-23(21,22)15-5-3-2-4-12(15)16-10(9-20)6-13-14(19-16)7-11(17)8-18-13/h2-8,20H,9H2,1H3;2-9H,1H3. The van der Waals surface area contributed by atoms with E-state index in [-0.39, 0.29) is 33.2 Å². The third kappa shape index (κ3) is 6.78. The van der Waals surface area contributed by atoms with Crippen LogP contribution in [0.25, 0.3) is 44.6 Å². The van der Waals surface area contributed by atoms with Crippen molar-refractivity contribution in [2.24, 2.45) is 0 Å². The van der Waals surface area contributed by atoms with Crippen LogP contribution in [0, 0.1) is 11.6 Å². The summed E-state index contributed by atoms with van der Waals surface area (Å²) in [4.78, 5) is 27.9. The Kier molecular flexibility index (Phi) is 8.96. The summed E-state index contributed by atoms with van der Waals surface area (Å²) in [7, 11) is -6.99. The Morgan fingerprint density at radius 1 is 0.674 bits per heavy atom. The van der Waals surface area contributed by atoms with Crippen LogP contribution >= 0.6 is 0 Å². The zero-order chi connectivity index (χ0) is 33.2. The third-order valence-electron chi connectivity index (χ3n) is 6.75. The highest BCUT2D eigenvalue weighted by atomic mass is 32.2. The molecule has 0 atom stereocenters. The molecule has 0 bridgehead atoms. The van der Waals surface area contributed by atoms with Gasteiger partial charge >= 0.3 is 0 Å².